The molecule has 0 atom stereocenters. The van der Waals surface area contributed by atoms with Crippen molar-refractivity contribution < 1.29 is 19.1 Å². The number of carbonyl (C=O) groups is 3. The molecule has 0 radical (unpaired) electrons. The SMILES string of the molecule is CCOc1ccc2ccccc2c1/C=C1/C(=O)NC(=O)N(C2CCCC2)C1=O. The van der Waals surface area contributed by atoms with E-state index in [0.29, 0.717) is 17.9 Å². The molecule has 28 heavy (non-hydrogen) atoms. The fourth-order valence-electron chi connectivity index (χ4n) is 4.02. The average Bonchev–Trinajstić information content (AvgIpc) is 3.20. The smallest absolute Gasteiger partial charge is 0.331 e. The van der Waals surface area contributed by atoms with Crippen molar-refractivity contribution >= 4 is 34.7 Å². The number of nitrogens with zero attached hydrogens (tertiary/aromatic N) is 1. The summed E-state index contributed by atoms with van der Waals surface area (Å²) in [6.07, 6.45) is 5.07. The summed E-state index contributed by atoms with van der Waals surface area (Å²) in [6, 6.07) is 10.7. The van der Waals surface area contributed by atoms with Crippen LogP contribution in [-0.2, 0) is 9.59 Å². The Morgan fingerprint density at radius 2 is 1.86 bits per heavy atom. The van der Waals surface area contributed by atoms with E-state index in [-0.39, 0.29) is 11.6 Å². The normalized spacial score (nSPS) is 19.5. The molecule has 2 fully saturated rings. The van der Waals surface area contributed by atoms with Crippen LogP contribution < -0.4 is 10.1 Å². The summed E-state index contributed by atoms with van der Waals surface area (Å²) in [5.41, 5.74) is 0.628. The van der Waals surface area contributed by atoms with Gasteiger partial charge in [0.25, 0.3) is 11.8 Å². The number of rotatable bonds is 4. The lowest BCUT2D eigenvalue weighted by Crippen LogP contribution is -2.57. The Morgan fingerprint density at radius 3 is 2.61 bits per heavy atom. The van der Waals surface area contributed by atoms with E-state index in [9.17, 15) is 14.4 Å². The number of amides is 4. The lowest BCUT2D eigenvalue weighted by atomic mass is 9.99. The minimum Gasteiger partial charge on any atom is -0.493 e. The van der Waals surface area contributed by atoms with Crippen LogP contribution >= 0.6 is 0 Å². The molecule has 1 saturated carbocycles. The van der Waals surface area contributed by atoms with Gasteiger partial charge in [0.05, 0.1) is 6.61 Å². The van der Waals surface area contributed by atoms with E-state index >= 15 is 0 Å². The van der Waals surface area contributed by atoms with Gasteiger partial charge in [-0.15, -0.1) is 0 Å². The van der Waals surface area contributed by atoms with Gasteiger partial charge in [-0.25, -0.2) is 4.79 Å². The quantitative estimate of drug-likeness (QED) is 0.651. The molecule has 1 N–H and O–H groups in total. The van der Waals surface area contributed by atoms with Crippen LogP contribution in [-0.4, -0.2) is 35.4 Å². The highest BCUT2D eigenvalue weighted by Gasteiger charge is 2.40. The first kappa shape index (κ1) is 18.2. The van der Waals surface area contributed by atoms with Gasteiger partial charge < -0.3 is 4.74 Å². The molecular weight excluding hydrogens is 356 g/mol. The maximum Gasteiger partial charge on any atom is 0.331 e. The van der Waals surface area contributed by atoms with E-state index in [0.717, 1.165) is 36.5 Å². The molecule has 1 aliphatic carbocycles. The van der Waals surface area contributed by atoms with E-state index in [1.807, 2.05) is 43.3 Å². The van der Waals surface area contributed by atoms with E-state index in [4.69, 9.17) is 4.74 Å². The molecule has 2 aliphatic rings. The first-order valence-electron chi connectivity index (χ1n) is 9.65. The summed E-state index contributed by atoms with van der Waals surface area (Å²) in [5.74, 6) is -0.603. The van der Waals surface area contributed by atoms with Gasteiger partial charge in [-0.3, -0.25) is 19.8 Å². The first-order valence-corrected chi connectivity index (χ1v) is 9.65. The Morgan fingerprint density at radius 1 is 1.11 bits per heavy atom. The number of barbiturate groups is 1. The zero-order valence-electron chi connectivity index (χ0n) is 15.7. The molecule has 0 unspecified atom stereocenters. The second kappa shape index (κ2) is 7.46. The maximum absolute atomic E-state index is 13.1. The molecule has 4 amide bonds. The van der Waals surface area contributed by atoms with E-state index in [1.165, 1.54) is 4.90 Å². The van der Waals surface area contributed by atoms with E-state index in [1.54, 1.807) is 6.08 Å². The fraction of sp³-hybridized carbons (Fsp3) is 0.318. The van der Waals surface area contributed by atoms with Gasteiger partial charge in [0.15, 0.2) is 0 Å². The summed E-state index contributed by atoms with van der Waals surface area (Å²) in [4.78, 5) is 39.1. The van der Waals surface area contributed by atoms with Crippen molar-refractivity contribution in [3.63, 3.8) is 0 Å². The number of hydrogen-bond acceptors (Lipinski definition) is 4. The molecule has 4 rings (SSSR count). The van der Waals surface area contributed by atoms with Crippen molar-refractivity contribution in [2.24, 2.45) is 0 Å². The minimum atomic E-state index is -0.667. The van der Waals surface area contributed by atoms with Crippen molar-refractivity contribution in [1.29, 1.82) is 0 Å². The van der Waals surface area contributed by atoms with Gasteiger partial charge in [-0.05, 0) is 42.7 Å². The number of carbonyl (C=O) groups excluding carboxylic acids is 3. The third-order valence-electron chi connectivity index (χ3n) is 5.34. The van der Waals surface area contributed by atoms with Crippen molar-refractivity contribution in [1.82, 2.24) is 10.2 Å². The number of hydrogen-bond donors (Lipinski definition) is 1. The molecule has 1 aliphatic heterocycles. The van der Waals surface area contributed by atoms with Crippen LogP contribution in [0.15, 0.2) is 42.0 Å². The molecule has 0 bridgehead atoms. The van der Waals surface area contributed by atoms with Gasteiger partial charge in [0.1, 0.15) is 11.3 Å². The Bertz CT molecular complexity index is 989. The Kier molecular flexibility index (Phi) is 4.86. The second-order valence-corrected chi connectivity index (χ2v) is 7.06. The minimum absolute atomic E-state index is 0.0381. The molecule has 1 heterocycles. The van der Waals surface area contributed by atoms with Crippen LogP contribution in [0.3, 0.4) is 0 Å². The van der Waals surface area contributed by atoms with Crippen LogP contribution in [0.4, 0.5) is 4.79 Å². The highest BCUT2D eigenvalue weighted by molar-refractivity contribution is 6.31. The van der Waals surface area contributed by atoms with E-state index in [2.05, 4.69) is 5.32 Å². The van der Waals surface area contributed by atoms with Crippen LogP contribution in [0.2, 0.25) is 0 Å². The highest BCUT2D eigenvalue weighted by atomic mass is 16.5. The number of benzene rings is 2. The number of nitrogens with one attached hydrogen (secondary N) is 1. The van der Waals surface area contributed by atoms with Gasteiger partial charge in [-0.1, -0.05) is 43.2 Å². The van der Waals surface area contributed by atoms with Crippen molar-refractivity contribution in [2.75, 3.05) is 6.61 Å². The number of imide groups is 2. The van der Waals surface area contributed by atoms with Gasteiger partial charge in [0.2, 0.25) is 0 Å². The van der Waals surface area contributed by atoms with Crippen LogP contribution in [0.25, 0.3) is 16.8 Å². The topological polar surface area (TPSA) is 75.7 Å². The molecule has 6 nitrogen and oxygen atoms in total. The summed E-state index contributed by atoms with van der Waals surface area (Å²) < 4.78 is 5.74. The van der Waals surface area contributed by atoms with Gasteiger partial charge >= 0.3 is 6.03 Å². The largest absolute Gasteiger partial charge is 0.493 e. The number of urea groups is 1. The second-order valence-electron chi connectivity index (χ2n) is 7.06. The molecule has 144 valence electrons. The van der Waals surface area contributed by atoms with Crippen molar-refractivity contribution in [2.45, 2.75) is 38.6 Å². The lowest BCUT2D eigenvalue weighted by Gasteiger charge is -2.31. The predicted octanol–water partition coefficient (Wildman–Crippen LogP) is 3.64. The van der Waals surface area contributed by atoms with Crippen LogP contribution in [0, 0.1) is 0 Å². The zero-order chi connectivity index (χ0) is 19.7. The molecular formula is C22H22N2O4. The standard InChI is InChI=1S/C22H22N2O4/c1-2-28-19-12-11-14-7-3-6-10-16(14)17(19)13-18-20(25)23-22(27)24(21(18)26)15-8-4-5-9-15/h3,6-7,10-13,15H,2,4-5,8-9H2,1H3,(H,23,25,27)/b18-13-. The zero-order valence-corrected chi connectivity index (χ0v) is 15.7. The Labute approximate surface area is 163 Å². The molecule has 2 aromatic rings. The molecule has 0 spiro atoms. The lowest BCUT2D eigenvalue weighted by molar-refractivity contribution is -0.131. The third kappa shape index (κ3) is 3.15. The Balaban J connectivity index is 1.82. The summed E-state index contributed by atoms with van der Waals surface area (Å²) in [7, 11) is 0. The molecule has 2 aromatic carbocycles. The number of ether oxygens (including phenoxy) is 1. The van der Waals surface area contributed by atoms with Crippen LogP contribution in [0.5, 0.6) is 5.75 Å². The monoisotopic (exact) mass is 378 g/mol. The fourth-order valence-corrected chi connectivity index (χ4v) is 4.02. The van der Waals surface area contributed by atoms with Gasteiger partial charge in [-0.2, -0.15) is 0 Å². The van der Waals surface area contributed by atoms with Crippen LogP contribution in [0.1, 0.15) is 38.2 Å². The van der Waals surface area contributed by atoms with Crippen molar-refractivity contribution in [3.05, 3.63) is 47.5 Å². The highest BCUT2D eigenvalue weighted by Crippen LogP contribution is 2.32. The van der Waals surface area contributed by atoms with Gasteiger partial charge in [0, 0.05) is 11.6 Å². The molecule has 0 aromatic heterocycles. The molecule has 1 saturated heterocycles. The number of fused-ring (bicyclic) bond motifs is 1. The van der Waals surface area contributed by atoms with Crippen molar-refractivity contribution in [3.8, 4) is 5.75 Å². The summed E-state index contributed by atoms with van der Waals surface area (Å²) >= 11 is 0. The Hall–Kier alpha value is -3.15. The summed E-state index contributed by atoms with van der Waals surface area (Å²) in [5, 5.41) is 4.18. The third-order valence-corrected chi connectivity index (χ3v) is 5.34. The first-order chi connectivity index (χ1) is 13.6. The molecule has 6 heteroatoms. The maximum atomic E-state index is 13.1. The van der Waals surface area contributed by atoms with E-state index < -0.39 is 17.8 Å². The summed E-state index contributed by atoms with van der Waals surface area (Å²) in [6.45, 7) is 2.34. The average molecular weight is 378 g/mol. The predicted molar refractivity (Wildman–Crippen MR) is 106 cm³/mol.